The first kappa shape index (κ1) is 22.5. The summed E-state index contributed by atoms with van der Waals surface area (Å²) >= 11 is 1.51. The van der Waals surface area contributed by atoms with Gasteiger partial charge in [0.15, 0.2) is 11.5 Å². The fraction of sp³-hybridized carbons (Fsp3) is 0.214. The van der Waals surface area contributed by atoms with E-state index in [4.69, 9.17) is 24.3 Å². The van der Waals surface area contributed by atoms with Gasteiger partial charge < -0.3 is 19.5 Å². The van der Waals surface area contributed by atoms with Gasteiger partial charge in [0.05, 0.1) is 19.9 Å². The molecule has 0 bridgehead atoms. The van der Waals surface area contributed by atoms with Crippen molar-refractivity contribution in [1.29, 1.82) is 0 Å². The second kappa shape index (κ2) is 8.95. The number of anilines is 1. The number of rotatable bonds is 5. The van der Waals surface area contributed by atoms with Crippen LogP contribution >= 0.6 is 11.8 Å². The Hall–Kier alpha value is -3.91. The van der Waals surface area contributed by atoms with Gasteiger partial charge in [0, 0.05) is 11.1 Å². The maximum absolute atomic E-state index is 6.72. The number of benzene rings is 3. The average molecular weight is 499 g/mol. The summed E-state index contributed by atoms with van der Waals surface area (Å²) in [5.74, 6) is 2.86. The first-order valence-electron chi connectivity index (χ1n) is 11.7. The lowest BCUT2D eigenvalue weighted by atomic mass is 9.84. The Morgan fingerprint density at radius 3 is 2.50 bits per heavy atom. The maximum atomic E-state index is 6.72. The standard InChI is InChI=1S/C28H26N4O3S/c1-16-10-12-20-19(14-16)24-23(26(35-20)17-8-6-5-7-9-17)25(32-27(29-24)30-28(31-32)36-4)18-11-13-21(33-2)22(15-18)34-3/h5-15,25-26H,1-4H3,(H,29,30,31)/t25-,26+/m1/s1. The van der Waals surface area contributed by atoms with Crippen LogP contribution in [0, 0.1) is 6.92 Å². The smallest absolute Gasteiger partial charge is 0.227 e. The van der Waals surface area contributed by atoms with Crippen molar-refractivity contribution in [2.75, 3.05) is 25.8 Å². The van der Waals surface area contributed by atoms with E-state index >= 15 is 0 Å². The zero-order chi connectivity index (χ0) is 24.8. The van der Waals surface area contributed by atoms with Gasteiger partial charge in [0.2, 0.25) is 11.1 Å². The van der Waals surface area contributed by atoms with Crippen molar-refractivity contribution in [2.45, 2.75) is 24.2 Å². The zero-order valence-corrected chi connectivity index (χ0v) is 21.3. The van der Waals surface area contributed by atoms with Gasteiger partial charge in [-0.2, -0.15) is 4.98 Å². The van der Waals surface area contributed by atoms with Crippen LogP contribution < -0.4 is 19.5 Å². The molecule has 0 saturated heterocycles. The number of aryl methyl sites for hydroxylation is 1. The highest BCUT2D eigenvalue weighted by Crippen LogP contribution is 2.51. The Bertz CT molecular complexity index is 1480. The fourth-order valence-electron chi connectivity index (χ4n) is 4.96. The van der Waals surface area contributed by atoms with Crippen molar-refractivity contribution in [3.8, 4) is 17.2 Å². The topological polar surface area (TPSA) is 70.4 Å². The molecule has 0 fully saturated rings. The van der Waals surface area contributed by atoms with Crippen LogP contribution in [-0.2, 0) is 0 Å². The monoisotopic (exact) mass is 498 g/mol. The first-order valence-corrected chi connectivity index (χ1v) is 12.9. The molecule has 8 heteroatoms. The predicted octanol–water partition coefficient (Wildman–Crippen LogP) is 5.89. The molecule has 0 amide bonds. The molecular formula is C28H26N4O3S. The minimum absolute atomic E-state index is 0.275. The summed E-state index contributed by atoms with van der Waals surface area (Å²) in [7, 11) is 3.29. The number of thioether (sulfide) groups is 1. The number of methoxy groups -OCH3 is 2. The molecule has 1 aromatic heterocycles. The van der Waals surface area contributed by atoms with Gasteiger partial charge in [-0.25, -0.2) is 4.68 Å². The third-order valence-corrected chi connectivity index (χ3v) is 7.15. The van der Waals surface area contributed by atoms with E-state index in [1.54, 1.807) is 14.2 Å². The highest BCUT2D eigenvalue weighted by atomic mass is 32.2. The summed E-state index contributed by atoms with van der Waals surface area (Å²) in [6.45, 7) is 2.09. The SMILES string of the molecule is COc1ccc([C@@H]2C3=C(Nc4nc(SC)nn42)c2cc(C)ccc2O[C@H]3c2ccccc2)cc1OC. The molecule has 182 valence electrons. The van der Waals surface area contributed by atoms with Gasteiger partial charge >= 0.3 is 0 Å². The van der Waals surface area contributed by atoms with E-state index in [9.17, 15) is 0 Å². The molecule has 2 aliphatic heterocycles. The summed E-state index contributed by atoms with van der Waals surface area (Å²) in [6, 6.07) is 22.3. The number of ether oxygens (including phenoxy) is 3. The second-order valence-corrected chi connectivity index (χ2v) is 9.52. The molecule has 0 radical (unpaired) electrons. The van der Waals surface area contributed by atoms with Crippen molar-refractivity contribution < 1.29 is 14.2 Å². The van der Waals surface area contributed by atoms with Gasteiger partial charge in [0.25, 0.3) is 0 Å². The summed E-state index contributed by atoms with van der Waals surface area (Å²) in [5.41, 5.74) is 6.31. The molecule has 2 aliphatic rings. The third-order valence-electron chi connectivity index (χ3n) is 6.62. The van der Waals surface area contributed by atoms with Crippen molar-refractivity contribution in [3.63, 3.8) is 0 Å². The van der Waals surface area contributed by atoms with E-state index in [1.165, 1.54) is 11.8 Å². The molecule has 3 aromatic carbocycles. The number of fused-ring (bicyclic) bond motifs is 3. The van der Waals surface area contributed by atoms with Gasteiger partial charge in [-0.15, -0.1) is 5.10 Å². The second-order valence-electron chi connectivity index (χ2n) is 8.75. The average Bonchev–Trinajstić information content (AvgIpc) is 3.34. The van der Waals surface area contributed by atoms with E-state index in [-0.39, 0.29) is 12.1 Å². The van der Waals surface area contributed by atoms with Crippen molar-refractivity contribution in [2.24, 2.45) is 0 Å². The molecule has 7 nitrogen and oxygen atoms in total. The van der Waals surface area contributed by atoms with Crippen molar-refractivity contribution >= 4 is 23.4 Å². The number of aromatic nitrogens is 3. The fourth-order valence-corrected chi connectivity index (χ4v) is 5.30. The highest BCUT2D eigenvalue weighted by molar-refractivity contribution is 7.98. The van der Waals surface area contributed by atoms with Crippen LogP contribution in [0.5, 0.6) is 17.2 Å². The molecule has 0 spiro atoms. The summed E-state index contributed by atoms with van der Waals surface area (Å²) in [4.78, 5) is 4.78. The summed E-state index contributed by atoms with van der Waals surface area (Å²) in [6.07, 6.45) is 1.66. The highest BCUT2D eigenvalue weighted by Gasteiger charge is 2.41. The van der Waals surface area contributed by atoms with Crippen LogP contribution in [0.4, 0.5) is 5.95 Å². The zero-order valence-electron chi connectivity index (χ0n) is 20.5. The van der Waals surface area contributed by atoms with Crippen LogP contribution in [-0.4, -0.2) is 35.2 Å². The minimum atomic E-state index is -0.322. The lowest BCUT2D eigenvalue weighted by Crippen LogP contribution is -2.32. The van der Waals surface area contributed by atoms with Crippen LogP contribution in [0.15, 0.2) is 77.5 Å². The Kier molecular flexibility index (Phi) is 5.60. The number of nitrogens with zero attached hydrogens (tertiary/aromatic N) is 3. The van der Waals surface area contributed by atoms with E-state index < -0.39 is 0 Å². The predicted molar refractivity (Wildman–Crippen MR) is 141 cm³/mol. The molecule has 0 unspecified atom stereocenters. The number of nitrogens with one attached hydrogen (secondary N) is 1. The number of hydrogen-bond donors (Lipinski definition) is 1. The van der Waals surface area contributed by atoms with E-state index in [0.29, 0.717) is 22.6 Å². The molecule has 6 rings (SSSR count). The molecule has 3 heterocycles. The first-order chi connectivity index (χ1) is 17.6. The van der Waals surface area contributed by atoms with E-state index in [0.717, 1.165) is 39.3 Å². The van der Waals surface area contributed by atoms with Crippen molar-refractivity contribution in [3.05, 3.63) is 94.6 Å². The lowest BCUT2D eigenvalue weighted by molar-refractivity contribution is 0.222. The Morgan fingerprint density at radius 2 is 1.75 bits per heavy atom. The van der Waals surface area contributed by atoms with Crippen molar-refractivity contribution in [1.82, 2.24) is 14.8 Å². The molecule has 1 N–H and O–H groups in total. The summed E-state index contributed by atoms with van der Waals surface area (Å²) < 4.78 is 19.9. The largest absolute Gasteiger partial charge is 0.493 e. The maximum Gasteiger partial charge on any atom is 0.227 e. The summed E-state index contributed by atoms with van der Waals surface area (Å²) in [5, 5.41) is 9.17. The molecule has 36 heavy (non-hydrogen) atoms. The van der Waals surface area contributed by atoms with Crippen LogP contribution in [0.25, 0.3) is 5.70 Å². The quantitative estimate of drug-likeness (QED) is 0.344. The number of hydrogen-bond acceptors (Lipinski definition) is 7. The molecular weight excluding hydrogens is 472 g/mol. The van der Waals surface area contributed by atoms with E-state index in [1.807, 2.05) is 47.3 Å². The Morgan fingerprint density at radius 1 is 0.944 bits per heavy atom. The van der Waals surface area contributed by atoms with Gasteiger partial charge in [-0.05, 0) is 48.6 Å². The lowest BCUT2D eigenvalue weighted by Gasteiger charge is -2.39. The van der Waals surface area contributed by atoms with Crippen LogP contribution in [0.3, 0.4) is 0 Å². The minimum Gasteiger partial charge on any atom is -0.493 e. The molecule has 4 aromatic rings. The van der Waals surface area contributed by atoms with Gasteiger partial charge in [-0.3, -0.25) is 0 Å². The molecule has 2 atom stereocenters. The van der Waals surface area contributed by atoms with Gasteiger partial charge in [-0.1, -0.05) is 59.8 Å². The third kappa shape index (κ3) is 3.60. The molecule has 0 saturated carbocycles. The van der Waals surface area contributed by atoms with Crippen LogP contribution in [0.1, 0.15) is 34.4 Å². The van der Waals surface area contributed by atoms with E-state index in [2.05, 4.69) is 42.6 Å². The van der Waals surface area contributed by atoms with Gasteiger partial charge in [0.1, 0.15) is 17.9 Å². The van der Waals surface area contributed by atoms with Crippen LogP contribution in [0.2, 0.25) is 0 Å². The normalized spacial score (nSPS) is 17.9. The Balaban J connectivity index is 1.64. The molecule has 0 aliphatic carbocycles. The Labute approximate surface area is 214 Å².